The van der Waals surface area contributed by atoms with E-state index in [4.69, 9.17) is 0 Å². The average Bonchev–Trinajstić information content (AvgIpc) is 3.03. The van der Waals surface area contributed by atoms with Crippen LogP contribution in [0.1, 0.15) is 6.42 Å². The first kappa shape index (κ1) is 25.1. The Kier molecular flexibility index (Phi) is 7.73. The normalized spacial score (nSPS) is 14.9. The molecule has 3 aromatic rings. The zero-order chi connectivity index (χ0) is 22.8. The third kappa shape index (κ3) is 6.29. The van der Waals surface area contributed by atoms with E-state index in [9.17, 15) is 16.8 Å². The molecule has 1 aliphatic heterocycles. The Labute approximate surface area is 200 Å². The van der Waals surface area contributed by atoms with Crippen molar-refractivity contribution < 1.29 is 16.8 Å². The summed E-state index contributed by atoms with van der Waals surface area (Å²) in [7, 11) is -7.55. The summed E-state index contributed by atoms with van der Waals surface area (Å²) in [4.78, 5) is 2.25. The van der Waals surface area contributed by atoms with Crippen molar-refractivity contribution in [3.63, 3.8) is 0 Å². The highest BCUT2D eigenvalue weighted by Crippen LogP contribution is 2.31. The molecular formula is C22H27ClN4O4S2. The fraction of sp³-hybridized carbons (Fsp3) is 0.273. The van der Waals surface area contributed by atoms with Gasteiger partial charge in [0.1, 0.15) is 0 Å². The number of halogens is 1. The van der Waals surface area contributed by atoms with Crippen molar-refractivity contribution in [3.05, 3.63) is 60.7 Å². The minimum atomic E-state index is -3.93. The Bertz CT molecular complexity index is 1340. The summed E-state index contributed by atoms with van der Waals surface area (Å²) in [5.41, 5.74) is 1.18. The molecular weight excluding hydrogens is 484 g/mol. The molecule has 8 nitrogen and oxygen atoms in total. The van der Waals surface area contributed by atoms with Crippen molar-refractivity contribution in [2.75, 3.05) is 46.8 Å². The van der Waals surface area contributed by atoms with E-state index in [1.54, 1.807) is 30.3 Å². The summed E-state index contributed by atoms with van der Waals surface area (Å²) < 4.78 is 55.1. The molecule has 1 heterocycles. The summed E-state index contributed by atoms with van der Waals surface area (Å²) in [6, 6.07) is 17.4. The molecule has 33 heavy (non-hydrogen) atoms. The second-order valence-corrected chi connectivity index (χ2v) is 11.2. The van der Waals surface area contributed by atoms with Crippen molar-refractivity contribution in [3.8, 4) is 0 Å². The highest BCUT2D eigenvalue weighted by Gasteiger charge is 2.19. The first-order valence-electron chi connectivity index (χ1n) is 10.3. The Hall–Kier alpha value is -2.53. The standard InChI is InChI=1S/C22H26N4O4S2.ClH/c1-31(27,28)24-22-16-19(26-13-4-11-23-12-14-26)8-10-21(22)25-32(29,30)20-9-7-17-5-2-3-6-18(17)15-20;/h2-3,5-10,15-16,23-25H,4,11-14H2,1H3;1H. The lowest BCUT2D eigenvalue weighted by Gasteiger charge is -2.24. The van der Waals surface area contributed by atoms with Gasteiger partial charge in [0.2, 0.25) is 10.0 Å². The molecule has 1 saturated heterocycles. The van der Waals surface area contributed by atoms with Crippen LogP contribution in [0.2, 0.25) is 0 Å². The van der Waals surface area contributed by atoms with Gasteiger partial charge in [0.25, 0.3) is 10.0 Å². The minimum absolute atomic E-state index is 0. The Balaban J connectivity index is 0.00000306. The van der Waals surface area contributed by atoms with Gasteiger partial charge in [0, 0.05) is 25.3 Å². The molecule has 0 saturated carbocycles. The molecule has 0 bridgehead atoms. The second-order valence-electron chi connectivity index (χ2n) is 7.81. The minimum Gasteiger partial charge on any atom is -0.370 e. The van der Waals surface area contributed by atoms with Gasteiger partial charge >= 0.3 is 0 Å². The van der Waals surface area contributed by atoms with E-state index in [1.807, 2.05) is 24.3 Å². The Morgan fingerprint density at radius 2 is 1.58 bits per heavy atom. The van der Waals surface area contributed by atoms with Gasteiger partial charge in [-0.15, -0.1) is 12.4 Å². The van der Waals surface area contributed by atoms with E-state index in [0.717, 1.165) is 55.3 Å². The van der Waals surface area contributed by atoms with Crippen LogP contribution in [0.15, 0.2) is 65.6 Å². The summed E-state index contributed by atoms with van der Waals surface area (Å²) in [5.74, 6) is 0. The molecule has 0 atom stereocenters. The number of nitrogens with zero attached hydrogens (tertiary/aromatic N) is 1. The molecule has 0 radical (unpaired) electrons. The van der Waals surface area contributed by atoms with Crippen LogP contribution in [0.5, 0.6) is 0 Å². The lowest BCUT2D eigenvalue weighted by atomic mass is 10.1. The second kappa shape index (κ2) is 10.2. The predicted octanol–water partition coefficient (Wildman–Crippen LogP) is 3.23. The third-order valence-corrected chi connectivity index (χ3v) is 7.23. The van der Waals surface area contributed by atoms with E-state index < -0.39 is 20.0 Å². The smallest absolute Gasteiger partial charge is 0.261 e. The van der Waals surface area contributed by atoms with Gasteiger partial charge in [0.05, 0.1) is 22.5 Å². The van der Waals surface area contributed by atoms with Gasteiger partial charge in [-0.2, -0.15) is 0 Å². The maximum Gasteiger partial charge on any atom is 0.261 e. The number of benzene rings is 3. The number of sulfonamides is 2. The highest BCUT2D eigenvalue weighted by atomic mass is 35.5. The maximum absolute atomic E-state index is 13.1. The molecule has 0 aliphatic carbocycles. The molecule has 1 aliphatic rings. The van der Waals surface area contributed by atoms with Crippen molar-refractivity contribution in [1.82, 2.24) is 5.32 Å². The fourth-order valence-corrected chi connectivity index (χ4v) is 5.43. The molecule has 0 unspecified atom stereocenters. The quantitative estimate of drug-likeness (QED) is 0.470. The molecule has 0 amide bonds. The van der Waals surface area contributed by atoms with E-state index in [-0.39, 0.29) is 28.7 Å². The first-order chi connectivity index (χ1) is 15.2. The van der Waals surface area contributed by atoms with Crippen molar-refractivity contribution in [2.24, 2.45) is 0 Å². The van der Waals surface area contributed by atoms with E-state index in [0.29, 0.717) is 0 Å². The van der Waals surface area contributed by atoms with Crippen molar-refractivity contribution >= 4 is 60.3 Å². The molecule has 178 valence electrons. The Morgan fingerprint density at radius 3 is 2.33 bits per heavy atom. The average molecular weight is 511 g/mol. The summed E-state index contributed by atoms with van der Waals surface area (Å²) >= 11 is 0. The number of hydrogen-bond acceptors (Lipinski definition) is 6. The van der Waals surface area contributed by atoms with Gasteiger partial charge < -0.3 is 10.2 Å². The maximum atomic E-state index is 13.1. The van der Waals surface area contributed by atoms with Gasteiger partial charge in [-0.3, -0.25) is 9.44 Å². The number of nitrogens with one attached hydrogen (secondary N) is 3. The van der Waals surface area contributed by atoms with Crippen LogP contribution < -0.4 is 19.7 Å². The van der Waals surface area contributed by atoms with E-state index >= 15 is 0 Å². The van der Waals surface area contributed by atoms with Gasteiger partial charge in [-0.1, -0.05) is 30.3 Å². The fourth-order valence-electron chi connectivity index (χ4n) is 3.74. The monoisotopic (exact) mass is 510 g/mol. The molecule has 4 rings (SSSR count). The van der Waals surface area contributed by atoms with Gasteiger partial charge in [-0.05, 0) is 54.1 Å². The summed E-state index contributed by atoms with van der Waals surface area (Å²) in [6.07, 6.45) is 2.00. The zero-order valence-electron chi connectivity index (χ0n) is 18.1. The van der Waals surface area contributed by atoms with Crippen molar-refractivity contribution in [1.29, 1.82) is 0 Å². The van der Waals surface area contributed by atoms with Crippen LogP contribution in [-0.4, -0.2) is 49.3 Å². The topological polar surface area (TPSA) is 108 Å². The van der Waals surface area contributed by atoms with Crippen LogP contribution in [-0.2, 0) is 20.0 Å². The largest absolute Gasteiger partial charge is 0.370 e. The molecule has 3 N–H and O–H groups in total. The van der Waals surface area contributed by atoms with Gasteiger partial charge in [0.15, 0.2) is 0 Å². The summed E-state index contributed by atoms with van der Waals surface area (Å²) in [5, 5.41) is 5.06. The lowest BCUT2D eigenvalue weighted by Crippen LogP contribution is -2.28. The number of rotatable bonds is 6. The highest BCUT2D eigenvalue weighted by molar-refractivity contribution is 7.93. The van der Waals surface area contributed by atoms with Gasteiger partial charge in [-0.25, -0.2) is 16.8 Å². The van der Waals surface area contributed by atoms with Crippen molar-refractivity contribution in [2.45, 2.75) is 11.3 Å². The van der Waals surface area contributed by atoms with Crippen LogP contribution in [0.25, 0.3) is 10.8 Å². The number of hydrogen-bond donors (Lipinski definition) is 3. The molecule has 0 spiro atoms. The SMILES string of the molecule is CS(=O)(=O)Nc1cc(N2CCCNCC2)ccc1NS(=O)(=O)c1ccc2ccccc2c1.Cl. The molecule has 0 aromatic heterocycles. The summed E-state index contributed by atoms with van der Waals surface area (Å²) in [6.45, 7) is 3.35. The van der Waals surface area contributed by atoms with Crippen LogP contribution in [0.4, 0.5) is 17.1 Å². The molecule has 11 heteroatoms. The third-order valence-electron chi connectivity index (χ3n) is 5.28. The van der Waals surface area contributed by atoms with E-state index in [1.165, 1.54) is 6.07 Å². The zero-order valence-corrected chi connectivity index (χ0v) is 20.6. The van der Waals surface area contributed by atoms with E-state index in [2.05, 4.69) is 19.7 Å². The predicted molar refractivity (Wildman–Crippen MR) is 137 cm³/mol. The number of fused-ring (bicyclic) bond motifs is 1. The molecule has 3 aromatic carbocycles. The first-order valence-corrected chi connectivity index (χ1v) is 13.7. The number of anilines is 3. The van der Waals surface area contributed by atoms with Crippen LogP contribution in [0.3, 0.4) is 0 Å². The van der Waals surface area contributed by atoms with Crippen LogP contribution >= 0.6 is 12.4 Å². The Morgan fingerprint density at radius 1 is 0.818 bits per heavy atom. The van der Waals surface area contributed by atoms with Crippen LogP contribution in [0, 0.1) is 0 Å². The lowest BCUT2D eigenvalue weighted by molar-refractivity contribution is 0.600. The molecule has 1 fully saturated rings.